The summed E-state index contributed by atoms with van der Waals surface area (Å²) < 4.78 is 21.9. The van der Waals surface area contributed by atoms with Crippen LogP contribution < -0.4 is 0 Å². The first kappa shape index (κ1) is 13.9. The molecule has 104 valence electrons. The minimum Gasteiger partial charge on any atom is -0.387 e. The lowest BCUT2D eigenvalue weighted by molar-refractivity contribution is -0.178. The van der Waals surface area contributed by atoms with Crippen molar-refractivity contribution >= 4 is 6.29 Å². The summed E-state index contributed by atoms with van der Waals surface area (Å²) in [5, 5.41) is 10.2. The van der Waals surface area contributed by atoms with Crippen molar-refractivity contribution in [2.45, 2.75) is 63.7 Å². The van der Waals surface area contributed by atoms with Gasteiger partial charge in [0.05, 0.1) is 6.61 Å². The van der Waals surface area contributed by atoms with E-state index >= 15 is 0 Å². The second-order valence-electron chi connectivity index (χ2n) is 5.56. The number of aldehydes is 1. The molecule has 2 saturated heterocycles. The molecule has 6 heteroatoms. The van der Waals surface area contributed by atoms with Crippen molar-refractivity contribution in [2.24, 2.45) is 0 Å². The Hall–Kier alpha value is -0.530. The van der Waals surface area contributed by atoms with Crippen LogP contribution in [-0.2, 0) is 23.7 Å². The smallest absolute Gasteiger partial charge is 0.164 e. The lowest BCUT2D eigenvalue weighted by Crippen LogP contribution is -2.45. The van der Waals surface area contributed by atoms with E-state index in [0.29, 0.717) is 6.29 Å². The molecule has 0 saturated carbocycles. The molecule has 0 unspecified atom stereocenters. The van der Waals surface area contributed by atoms with Crippen LogP contribution in [0.4, 0.5) is 0 Å². The van der Waals surface area contributed by atoms with Crippen LogP contribution in [0.1, 0.15) is 27.7 Å². The van der Waals surface area contributed by atoms with Gasteiger partial charge >= 0.3 is 0 Å². The fourth-order valence-corrected chi connectivity index (χ4v) is 2.28. The Bertz CT molecular complexity index is 327. The monoisotopic (exact) mass is 260 g/mol. The highest BCUT2D eigenvalue weighted by atomic mass is 16.8. The highest BCUT2D eigenvalue weighted by molar-refractivity contribution is 5.58. The molecule has 0 amide bonds. The van der Waals surface area contributed by atoms with Crippen LogP contribution in [0.2, 0.25) is 0 Å². The van der Waals surface area contributed by atoms with Crippen molar-refractivity contribution in [3.05, 3.63) is 0 Å². The highest BCUT2D eigenvalue weighted by Gasteiger charge is 2.49. The SMILES string of the molecule is CC1(C)O[C@H]([C@@H](O)[C@@H]2COC(C)(C)O2)[C@H](C=O)O1. The van der Waals surface area contributed by atoms with E-state index in [1.807, 2.05) is 0 Å². The molecule has 2 heterocycles. The molecule has 0 radical (unpaired) electrons. The summed E-state index contributed by atoms with van der Waals surface area (Å²) in [6.45, 7) is 7.21. The third kappa shape index (κ3) is 2.73. The molecule has 2 rings (SSSR count). The topological polar surface area (TPSA) is 74.2 Å². The first-order valence-electron chi connectivity index (χ1n) is 6.05. The Morgan fingerprint density at radius 3 is 2.33 bits per heavy atom. The van der Waals surface area contributed by atoms with E-state index in [-0.39, 0.29) is 6.61 Å². The number of ether oxygens (including phenoxy) is 4. The van der Waals surface area contributed by atoms with E-state index in [2.05, 4.69) is 0 Å². The van der Waals surface area contributed by atoms with Crippen molar-refractivity contribution in [3.63, 3.8) is 0 Å². The van der Waals surface area contributed by atoms with E-state index < -0.39 is 36.0 Å². The van der Waals surface area contributed by atoms with Crippen LogP contribution in [0.5, 0.6) is 0 Å². The minimum atomic E-state index is -0.969. The second-order valence-corrected chi connectivity index (χ2v) is 5.56. The Balaban J connectivity index is 2.05. The first-order valence-corrected chi connectivity index (χ1v) is 6.05. The predicted octanol–water partition coefficient (Wildman–Crippen LogP) is 0.218. The minimum absolute atomic E-state index is 0.264. The standard InChI is InChI=1S/C12H20O6/c1-11(2)15-6-8(17-11)9(14)10-7(5-13)16-12(3,4)18-10/h5,7-10,14H,6H2,1-4H3/t7-,8-,9-,10-/m0/s1. The van der Waals surface area contributed by atoms with E-state index in [4.69, 9.17) is 18.9 Å². The molecule has 1 N–H and O–H groups in total. The van der Waals surface area contributed by atoms with Crippen LogP contribution in [0, 0.1) is 0 Å². The molecule has 0 aromatic carbocycles. The lowest BCUT2D eigenvalue weighted by Gasteiger charge is -2.25. The van der Waals surface area contributed by atoms with Crippen LogP contribution in [0.15, 0.2) is 0 Å². The summed E-state index contributed by atoms with van der Waals surface area (Å²) in [4.78, 5) is 11.0. The van der Waals surface area contributed by atoms with Crippen LogP contribution in [0.3, 0.4) is 0 Å². The molecule has 2 fully saturated rings. The van der Waals surface area contributed by atoms with Gasteiger partial charge in [-0.2, -0.15) is 0 Å². The summed E-state index contributed by atoms with van der Waals surface area (Å²) >= 11 is 0. The van der Waals surface area contributed by atoms with Crippen LogP contribution in [-0.4, -0.2) is 54.0 Å². The zero-order valence-corrected chi connectivity index (χ0v) is 11.1. The predicted molar refractivity (Wildman–Crippen MR) is 60.8 cm³/mol. The fraction of sp³-hybridized carbons (Fsp3) is 0.917. The molecule has 0 aromatic rings. The first-order chi connectivity index (χ1) is 8.24. The Labute approximate surface area is 106 Å². The zero-order chi connectivity index (χ0) is 13.6. The van der Waals surface area contributed by atoms with Gasteiger partial charge in [-0.15, -0.1) is 0 Å². The average Bonchev–Trinajstić information content (AvgIpc) is 2.77. The van der Waals surface area contributed by atoms with Gasteiger partial charge in [-0.3, -0.25) is 0 Å². The molecule has 0 spiro atoms. The Morgan fingerprint density at radius 1 is 1.17 bits per heavy atom. The number of hydrogen-bond acceptors (Lipinski definition) is 6. The molecular weight excluding hydrogens is 240 g/mol. The molecular formula is C12H20O6. The van der Waals surface area contributed by atoms with Gasteiger partial charge in [-0.05, 0) is 27.7 Å². The van der Waals surface area contributed by atoms with Crippen molar-refractivity contribution in [3.8, 4) is 0 Å². The average molecular weight is 260 g/mol. The van der Waals surface area contributed by atoms with Gasteiger partial charge in [0, 0.05) is 0 Å². The quantitative estimate of drug-likeness (QED) is 0.732. The third-order valence-electron chi connectivity index (χ3n) is 3.05. The third-order valence-corrected chi connectivity index (χ3v) is 3.05. The number of aliphatic hydroxyl groups excluding tert-OH is 1. The number of carbonyl (C=O) groups excluding carboxylic acids is 1. The van der Waals surface area contributed by atoms with Gasteiger partial charge < -0.3 is 28.8 Å². The maximum atomic E-state index is 11.0. The van der Waals surface area contributed by atoms with Crippen molar-refractivity contribution in [1.29, 1.82) is 0 Å². The van der Waals surface area contributed by atoms with E-state index in [9.17, 15) is 9.90 Å². The summed E-state index contributed by atoms with van der Waals surface area (Å²) in [6.07, 6.45) is -2.38. The number of rotatable bonds is 3. The number of hydrogen-bond donors (Lipinski definition) is 1. The maximum Gasteiger partial charge on any atom is 0.164 e. The molecule has 0 bridgehead atoms. The van der Waals surface area contributed by atoms with Crippen molar-refractivity contribution < 1.29 is 28.8 Å². The number of aliphatic hydroxyl groups is 1. The highest BCUT2D eigenvalue weighted by Crippen LogP contribution is 2.33. The molecule has 2 aliphatic rings. The molecule has 4 atom stereocenters. The summed E-state index contributed by atoms with van der Waals surface area (Å²) in [6, 6.07) is 0. The Kier molecular flexibility index (Phi) is 3.50. The van der Waals surface area contributed by atoms with Gasteiger partial charge in [0.2, 0.25) is 0 Å². The Morgan fingerprint density at radius 2 is 1.83 bits per heavy atom. The molecule has 18 heavy (non-hydrogen) atoms. The van der Waals surface area contributed by atoms with Crippen LogP contribution in [0.25, 0.3) is 0 Å². The number of carbonyl (C=O) groups is 1. The van der Waals surface area contributed by atoms with E-state index in [1.165, 1.54) is 0 Å². The van der Waals surface area contributed by atoms with Gasteiger partial charge in [-0.25, -0.2) is 0 Å². The molecule has 6 nitrogen and oxygen atoms in total. The summed E-state index contributed by atoms with van der Waals surface area (Å²) in [5.41, 5.74) is 0. The van der Waals surface area contributed by atoms with Gasteiger partial charge in [0.15, 0.2) is 17.9 Å². The molecule has 2 aliphatic heterocycles. The largest absolute Gasteiger partial charge is 0.387 e. The van der Waals surface area contributed by atoms with Crippen molar-refractivity contribution in [1.82, 2.24) is 0 Å². The lowest BCUT2D eigenvalue weighted by atomic mass is 10.0. The van der Waals surface area contributed by atoms with E-state index in [1.54, 1.807) is 27.7 Å². The zero-order valence-electron chi connectivity index (χ0n) is 11.1. The molecule has 0 aliphatic carbocycles. The fourth-order valence-electron chi connectivity index (χ4n) is 2.28. The van der Waals surface area contributed by atoms with Crippen molar-refractivity contribution in [2.75, 3.05) is 6.61 Å². The van der Waals surface area contributed by atoms with Crippen LogP contribution >= 0.6 is 0 Å². The van der Waals surface area contributed by atoms with Gasteiger partial charge in [0.1, 0.15) is 24.4 Å². The second kappa shape index (κ2) is 4.54. The summed E-state index contributed by atoms with van der Waals surface area (Å²) in [5.74, 6) is -1.61. The molecule has 0 aromatic heterocycles. The maximum absolute atomic E-state index is 11.0. The van der Waals surface area contributed by atoms with Gasteiger partial charge in [0.25, 0.3) is 0 Å². The normalized spacial score (nSPS) is 39.7. The summed E-state index contributed by atoms with van der Waals surface area (Å²) in [7, 11) is 0. The van der Waals surface area contributed by atoms with Gasteiger partial charge in [-0.1, -0.05) is 0 Å². The van der Waals surface area contributed by atoms with E-state index in [0.717, 1.165) is 0 Å².